The molecule has 0 aliphatic heterocycles. The Balaban J connectivity index is 2.29. The van der Waals surface area contributed by atoms with Crippen molar-refractivity contribution in [1.29, 1.82) is 0 Å². The summed E-state index contributed by atoms with van der Waals surface area (Å²) in [4.78, 5) is 0. The molecule has 2 nitrogen and oxygen atoms in total. The quantitative estimate of drug-likeness (QED) is 0.629. The smallest absolute Gasteiger partial charge is 0.0751 e. The Bertz CT molecular complexity index is 152. The molecule has 0 aromatic carbocycles. The second-order valence-electron chi connectivity index (χ2n) is 3.41. The zero-order chi connectivity index (χ0) is 8.81. The average molecular weight is 170 g/mol. The minimum atomic E-state index is -0.294. The SMILES string of the molecule is OCCCC(O)C1=CCCCC1. The normalized spacial score (nSPS) is 20.3. The Morgan fingerprint density at radius 1 is 1.42 bits per heavy atom. The molecule has 2 N–H and O–H groups in total. The van der Waals surface area contributed by atoms with Crippen molar-refractivity contribution < 1.29 is 10.2 Å². The molecule has 0 saturated heterocycles. The van der Waals surface area contributed by atoms with Crippen LogP contribution >= 0.6 is 0 Å². The molecule has 1 unspecified atom stereocenters. The van der Waals surface area contributed by atoms with Crippen molar-refractivity contribution in [2.24, 2.45) is 0 Å². The van der Waals surface area contributed by atoms with Gasteiger partial charge in [0.05, 0.1) is 6.10 Å². The van der Waals surface area contributed by atoms with Gasteiger partial charge in [-0.15, -0.1) is 0 Å². The van der Waals surface area contributed by atoms with E-state index in [9.17, 15) is 5.11 Å². The van der Waals surface area contributed by atoms with Crippen molar-refractivity contribution in [1.82, 2.24) is 0 Å². The minimum absolute atomic E-state index is 0.185. The summed E-state index contributed by atoms with van der Waals surface area (Å²) in [7, 11) is 0. The van der Waals surface area contributed by atoms with Crippen LogP contribution in [0.25, 0.3) is 0 Å². The Morgan fingerprint density at radius 3 is 2.83 bits per heavy atom. The molecular formula is C10H18O2. The van der Waals surface area contributed by atoms with Gasteiger partial charge in [-0.25, -0.2) is 0 Å². The van der Waals surface area contributed by atoms with Crippen LogP contribution < -0.4 is 0 Å². The van der Waals surface area contributed by atoms with Crippen LogP contribution in [0.1, 0.15) is 38.5 Å². The van der Waals surface area contributed by atoms with Gasteiger partial charge in [0.1, 0.15) is 0 Å². The Morgan fingerprint density at radius 2 is 2.25 bits per heavy atom. The van der Waals surface area contributed by atoms with E-state index < -0.39 is 0 Å². The highest BCUT2D eigenvalue weighted by atomic mass is 16.3. The van der Waals surface area contributed by atoms with Crippen molar-refractivity contribution in [3.05, 3.63) is 11.6 Å². The lowest BCUT2D eigenvalue weighted by Gasteiger charge is -2.17. The molecule has 70 valence electrons. The Labute approximate surface area is 73.9 Å². The third-order valence-corrected chi connectivity index (χ3v) is 2.39. The highest BCUT2D eigenvalue weighted by Gasteiger charge is 2.12. The molecule has 0 bridgehead atoms. The second kappa shape index (κ2) is 5.33. The van der Waals surface area contributed by atoms with Crippen molar-refractivity contribution >= 4 is 0 Å². The third kappa shape index (κ3) is 2.95. The first-order valence-corrected chi connectivity index (χ1v) is 4.82. The van der Waals surface area contributed by atoms with Crippen LogP contribution in [0.2, 0.25) is 0 Å². The van der Waals surface area contributed by atoms with Crippen LogP contribution in [0.5, 0.6) is 0 Å². The minimum Gasteiger partial charge on any atom is -0.396 e. The maximum atomic E-state index is 9.63. The van der Waals surface area contributed by atoms with E-state index in [0.717, 1.165) is 12.8 Å². The highest BCUT2D eigenvalue weighted by molar-refractivity contribution is 5.10. The summed E-state index contributed by atoms with van der Waals surface area (Å²) < 4.78 is 0. The fourth-order valence-corrected chi connectivity index (χ4v) is 1.64. The van der Waals surface area contributed by atoms with Crippen molar-refractivity contribution in [3.8, 4) is 0 Å². The van der Waals surface area contributed by atoms with Gasteiger partial charge in [-0.2, -0.15) is 0 Å². The molecule has 1 aliphatic rings. The average Bonchev–Trinajstić information content (AvgIpc) is 2.15. The molecular weight excluding hydrogens is 152 g/mol. The van der Waals surface area contributed by atoms with E-state index in [4.69, 9.17) is 5.11 Å². The molecule has 0 fully saturated rings. The van der Waals surface area contributed by atoms with Gasteiger partial charge in [0, 0.05) is 6.61 Å². The Hall–Kier alpha value is -0.340. The fourth-order valence-electron chi connectivity index (χ4n) is 1.64. The maximum absolute atomic E-state index is 9.63. The zero-order valence-corrected chi connectivity index (χ0v) is 7.50. The predicted molar refractivity (Wildman–Crippen MR) is 48.9 cm³/mol. The first kappa shape index (κ1) is 9.75. The molecule has 0 radical (unpaired) electrons. The maximum Gasteiger partial charge on any atom is 0.0751 e. The largest absolute Gasteiger partial charge is 0.396 e. The zero-order valence-electron chi connectivity index (χ0n) is 7.50. The van der Waals surface area contributed by atoms with Gasteiger partial charge in [-0.05, 0) is 44.1 Å². The first-order chi connectivity index (χ1) is 5.84. The van der Waals surface area contributed by atoms with Gasteiger partial charge < -0.3 is 10.2 Å². The lowest BCUT2D eigenvalue weighted by molar-refractivity contribution is 0.175. The molecule has 1 atom stereocenters. The summed E-state index contributed by atoms with van der Waals surface area (Å²) in [5.74, 6) is 0. The van der Waals surface area contributed by atoms with E-state index in [1.165, 1.54) is 18.4 Å². The number of aliphatic hydroxyl groups is 2. The van der Waals surface area contributed by atoms with Gasteiger partial charge in [-0.1, -0.05) is 6.08 Å². The topological polar surface area (TPSA) is 40.5 Å². The predicted octanol–water partition coefficient (Wildman–Crippen LogP) is 1.62. The lowest BCUT2D eigenvalue weighted by Crippen LogP contribution is -2.12. The standard InChI is InChI=1S/C10H18O2/c11-8-4-7-10(12)9-5-2-1-3-6-9/h5,10-12H,1-4,6-8H2. The van der Waals surface area contributed by atoms with Gasteiger partial charge >= 0.3 is 0 Å². The number of hydrogen-bond donors (Lipinski definition) is 2. The number of rotatable bonds is 4. The third-order valence-electron chi connectivity index (χ3n) is 2.39. The van der Waals surface area contributed by atoms with Crippen molar-refractivity contribution in [3.63, 3.8) is 0 Å². The summed E-state index contributed by atoms with van der Waals surface area (Å²) >= 11 is 0. The summed E-state index contributed by atoms with van der Waals surface area (Å²) in [6, 6.07) is 0. The van der Waals surface area contributed by atoms with E-state index in [1.807, 2.05) is 0 Å². The van der Waals surface area contributed by atoms with Gasteiger partial charge in [0.2, 0.25) is 0 Å². The molecule has 12 heavy (non-hydrogen) atoms. The van der Waals surface area contributed by atoms with Gasteiger partial charge in [-0.3, -0.25) is 0 Å². The Kier molecular flexibility index (Phi) is 4.33. The van der Waals surface area contributed by atoms with Crippen LogP contribution in [-0.2, 0) is 0 Å². The molecule has 0 aromatic heterocycles. The van der Waals surface area contributed by atoms with Crippen LogP contribution in [0, 0.1) is 0 Å². The number of allylic oxidation sites excluding steroid dienone is 1. The highest BCUT2D eigenvalue weighted by Crippen LogP contribution is 2.22. The molecule has 0 aromatic rings. The summed E-state index contributed by atoms with van der Waals surface area (Å²) in [6.45, 7) is 0.185. The summed E-state index contributed by atoms with van der Waals surface area (Å²) in [6.07, 6.45) is 7.92. The molecule has 0 heterocycles. The molecule has 1 aliphatic carbocycles. The van der Waals surface area contributed by atoms with E-state index >= 15 is 0 Å². The van der Waals surface area contributed by atoms with Crippen LogP contribution in [0.15, 0.2) is 11.6 Å². The summed E-state index contributed by atoms with van der Waals surface area (Å²) in [5.41, 5.74) is 1.19. The van der Waals surface area contributed by atoms with Crippen molar-refractivity contribution in [2.75, 3.05) is 6.61 Å². The van der Waals surface area contributed by atoms with Gasteiger partial charge in [0.15, 0.2) is 0 Å². The molecule has 0 spiro atoms. The molecule has 0 saturated carbocycles. The second-order valence-corrected chi connectivity index (χ2v) is 3.41. The molecule has 1 rings (SSSR count). The van der Waals surface area contributed by atoms with E-state index in [-0.39, 0.29) is 12.7 Å². The van der Waals surface area contributed by atoms with E-state index in [0.29, 0.717) is 12.8 Å². The number of hydrogen-bond acceptors (Lipinski definition) is 2. The first-order valence-electron chi connectivity index (χ1n) is 4.82. The number of aliphatic hydroxyl groups excluding tert-OH is 2. The van der Waals surface area contributed by atoms with Crippen LogP contribution in [0.4, 0.5) is 0 Å². The lowest BCUT2D eigenvalue weighted by atomic mass is 9.93. The van der Waals surface area contributed by atoms with Crippen molar-refractivity contribution in [2.45, 2.75) is 44.6 Å². The van der Waals surface area contributed by atoms with E-state index in [2.05, 4.69) is 6.08 Å². The summed E-state index contributed by atoms with van der Waals surface area (Å²) in [5, 5.41) is 18.2. The van der Waals surface area contributed by atoms with Crippen LogP contribution in [-0.4, -0.2) is 22.9 Å². The van der Waals surface area contributed by atoms with Crippen LogP contribution in [0.3, 0.4) is 0 Å². The molecule has 0 amide bonds. The fraction of sp³-hybridized carbons (Fsp3) is 0.800. The monoisotopic (exact) mass is 170 g/mol. The van der Waals surface area contributed by atoms with Gasteiger partial charge in [0.25, 0.3) is 0 Å². The van der Waals surface area contributed by atoms with E-state index in [1.54, 1.807) is 0 Å². The molecule has 2 heteroatoms.